The first kappa shape index (κ1) is 9.63. The number of aldehydes is 1. The van der Waals surface area contributed by atoms with Gasteiger partial charge in [-0.05, 0) is 18.1 Å². The molecule has 0 heterocycles. The highest BCUT2D eigenvalue weighted by Gasteiger charge is 1.99. The van der Waals surface area contributed by atoms with Crippen molar-refractivity contribution in [1.82, 2.24) is 0 Å². The number of halogens is 1. The van der Waals surface area contributed by atoms with E-state index in [-0.39, 0.29) is 0 Å². The lowest BCUT2D eigenvalue weighted by atomic mass is 10.2. The molecule has 0 aliphatic rings. The Bertz CT molecular complexity index is 374. The zero-order chi connectivity index (χ0) is 9.68. The van der Waals surface area contributed by atoms with Crippen LogP contribution in [0.5, 0.6) is 5.75 Å². The molecule has 1 aromatic carbocycles. The van der Waals surface area contributed by atoms with Crippen LogP contribution in [0.3, 0.4) is 0 Å². The van der Waals surface area contributed by atoms with E-state index < -0.39 is 0 Å². The van der Waals surface area contributed by atoms with Crippen molar-refractivity contribution in [1.29, 1.82) is 0 Å². The van der Waals surface area contributed by atoms with Gasteiger partial charge in [0.1, 0.15) is 5.75 Å². The molecule has 0 fully saturated rings. The second-order valence-electron chi connectivity index (χ2n) is 2.23. The van der Waals surface area contributed by atoms with Crippen LogP contribution >= 0.6 is 11.6 Å². The maximum Gasteiger partial charge on any atom is 0.193 e. The van der Waals surface area contributed by atoms with Crippen molar-refractivity contribution < 1.29 is 9.53 Å². The van der Waals surface area contributed by atoms with Crippen molar-refractivity contribution in [2.24, 2.45) is 0 Å². The Balaban J connectivity index is 3.13. The predicted molar refractivity (Wildman–Crippen MR) is 50.9 cm³/mol. The molecule has 3 heteroatoms. The summed E-state index contributed by atoms with van der Waals surface area (Å²) in [4.78, 5) is 10.0. The van der Waals surface area contributed by atoms with Crippen molar-refractivity contribution >= 4 is 17.9 Å². The highest BCUT2D eigenvalue weighted by Crippen LogP contribution is 2.21. The zero-order valence-electron chi connectivity index (χ0n) is 7.00. The molecular formula is C10H7ClO2. The van der Waals surface area contributed by atoms with Gasteiger partial charge in [0.25, 0.3) is 0 Å². The third kappa shape index (κ3) is 2.50. The van der Waals surface area contributed by atoms with E-state index in [1.165, 1.54) is 7.11 Å². The summed E-state index contributed by atoms with van der Waals surface area (Å²) in [5, 5.41) is 0.577. The minimum atomic E-state index is 0.536. The molecule has 2 nitrogen and oxygen atoms in total. The molecule has 0 spiro atoms. The molecule has 66 valence electrons. The molecule has 0 saturated heterocycles. The number of methoxy groups -OCH3 is 1. The topological polar surface area (TPSA) is 26.3 Å². The second-order valence-corrected chi connectivity index (χ2v) is 2.67. The Morgan fingerprint density at radius 1 is 1.54 bits per heavy atom. The normalized spacial score (nSPS) is 8.46. The summed E-state index contributed by atoms with van der Waals surface area (Å²) in [5.41, 5.74) is 0.652. The average Bonchev–Trinajstić information content (AvgIpc) is 2.16. The first-order chi connectivity index (χ1) is 6.27. The molecule has 0 aliphatic heterocycles. The SMILES string of the molecule is COc1cc(Cl)ccc1C#CC=O. The van der Waals surface area contributed by atoms with E-state index in [4.69, 9.17) is 16.3 Å². The summed E-state index contributed by atoms with van der Waals surface area (Å²) in [6, 6.07) is 5.05. The van der Waals surface area contributed by atoms with Gasteiger partial charge in [0.2, 0.25) is 0 Å². The predicted octanol–water partition coefficient (Wildman–Crippen LogP) is 1.90. The van der Waals surface area contributed by atoms with Crippen LogP contribution < -0.4 is 4.74 Å². The van der Waals surface area contributed by atoms with Crippen LogP contribution in [0.4, 0.5) is 0 Å². The molecule has 0 aromatic heterocycles. The van der Waals surface area contributed by atoms with E-state index in [9.17, 15) is 4.79 Å². The number of hydrogen-bond acceptors (Lipinski definition) is 2. The number of carbonyl (C=O) groups is 1. The molecule has 0 radical (unpaired) electrons. The number of ether oxygens (including phenoxy) is 1. The minimum Gasteiger partial charge on any atom is -0.495 e. The fourth-order valence-corrected chi connectivity index (χ4v) is 1.04. The van der Waals surface area contributed by atoms with E-state index in [1.807, 2.05) is 0 Å². The highest BCUT2D eigenvalue weighted by atomic mass is 35.5. The van der Waals surface area contributed by atoms with Crippen molar-refractivity contribution in [2.45, 2.75) is 0 Å². The fraction of sp³-hybridized carbons (Fsp3) is 0.100. The van der Waals surface area contributed by atoms with E-state index in [0.29, 0.717) is 22.6 Å². The number of benzene rings is 1. The van der Waals surface area contributed by atoms with Crippen molar-refractivity contribution in [3.05, 3.63) is 28.8 Å². The van der Waals surface area contributed by atoms with E-state index in [0.717, 1.165) is 0 Å². The van der Waals surface area contributed by atoms with Gasteiger partial charge in [-0.25, -0.2) is 0 Å². The molecule has 0 bridgehead atoms. The molecule has 1 aromatic rings. The van der Waals surface area contributed by atoms with Gasteiger partial charge >= 0.3 is 0 Å². The van der Waals surface area contributed by atoms with E-state index in [2.05, 4.69) is 11.8 Å². The largest absolute Gasteiger partial charge is 0.495 e. The molecule has 1 rings (SSSR count). The van der Waals surface area contributed by atoms with Gasteiger partial charge in [0, 0.05) is 11.1 Å². The van der Waals surface area contributed by atoms with Gasteiger partial charge in [-0.2, -0.15) is 0 Å². The summed E-state index contributed by atoms with van der Waals surface area (Å²) in [6.07, 6.45) is 0.536. The van der Waals surface area contributed by atoms with Gasteiger partial charge < -0.3 is 4.74 Å². The van der Waals surface area contributed by atoms with E-state index >= 15 is 0 Å². The Morgan fingerprint density at radius 3 is 2.92 bits per heavy atom. The molecule has 0 saturated carbocycles. The monoisotopic (exact) mass is 194 g/mol. The quantitative estimate of drug-likeness (QED) is 0.504. The zero-order valence-corrected chi connectivity index (χ0v) is 7.76. The maximum absolute atomic E-state index is 10.0. The average molecular weight is 195 g/mol. The van der Waals surface area contributed by atoms with Crippen molar-refractivity contribution in [2.75, 3.05) is 7.11 Å². The van der Waals surface area contributed by atoms with Crippen molar-refractivity contribution in [3.8, 4) is 17.6 Å². The Hall–Kier alpha value is -1.46. The van der Waals surface area contributed by atoms with Gasteiger partial charge in [0.05, 0.1) is 12.7 Å². The molecule has 0 atom stereocenters. The second kappa shape index (κ2) is 4.54. The highest BCUT2D eigenvalue weighted by molar-refractivity contribution is 6.30. The van der Waals surface area contributed by atoms with Crippen LogP contribution in [-0.2, 0) is 4.79 Å². The summed E-state index contributed by atoms with van der Waals surface area (Å²) < 4.78 is 5.02. The minimum absolute atomic E-state index is 0.536. The number of rotatable bonds is 1. The molecule has 0 unspecified atom stereocenters. The maximum atomic E-state index is 10.0. The summed E-state index contributed by atoms with van der Waals surface area (Å²) in [6.45, 7) is 0. The van der Waals surface area contributed by atoms with Crippen LogP contribution in [0, 0.1) is 11.8 Å². The lowest BCUT2D eigenvalue weighted by molar-refractivity contribution is -0.103. The third-order valence-electron chi connectivity index (χ3n) is 1.43. The van der Waals surface area contributed by atoms with Crippen molar-refractivity contribution in [3.63, 3.8) is 0 Å². The summed E-state index contributed by atoms with van der Waals surface area (Å²) in [5.74, 6) is 5.52. The van der Waals surface area contributed by atoms with Crippen LogP contribution in [-0.4, -0.2) is 13.4 Å². The standard InChI is InChI=1S/C10H7ClO2/c1-13-10-7-9(11)5-4-8(10)3-2-6-12/h4-7H,1H3. The Kier molecular flexibility index (Phi) is 3.36. The van der Waals surface area contributed by atoms with Crippen LogP contribution in [0.2, 0.25) is 5.02 Å². The molecule has 0 amide bonds. The first-order valence-corrected chi connectivity index (χ1v) is 3.94. The van der Waals surface area contributed by atoms with Gasteiger partial charge in [-0.15, -0.1) is 0 Å². The Labute approximate surface area is 81.5 Å². The van der Waals surface area contributed by atoms with Crippen LogP contribution in [0.15, 0.2) is 18.2 Å². The summed E-state index contributed by atoms with van der Waals surface area (Å²) >= 11 is 5.73. The third-order valence-corrected chi connectivity index (χ3v) is 1.66. The van der Waals surface area contributed by atoms with Crippen LogP contribution in [0.25, 0.3) is 0 Å². The molecule has 0 N–H and O–H groups in total. The number of hydrogen-bond donors (Lipinski definition) is 0. The molecule has 0 aliphatic carbocycles. The van der Waals surface area contributed by atoms with Gasteiger partial charge in [0.15, 0.2) is 6.29 Å². The summed E-state index contributed by atoms with van der Waals surface area (Å²) in [7, 11) is 1.53. The lowest BCUT2D eigenvalue weighted by Crippen LogP contribution is -1.87. The number of carbonyl (C=O) groups excluding carboxylic acids is 1. The van der Waals surface area contributed by atoms with Gasteiger partial charge in [-0.1, -0.05) is 17.5 Å². The molecular weight excluding hydrogens is 188 g/mol. The lowest BCUT2D eigenvalue weighted by Gasteiger charge is -2.02. The molecule has 13 heavy (non-hydrogen) atoms. The van der Waals surface area contributed by atoms with E-state index in [1.54, 1.807) is 18.2 Å². The van der Waals surface area contributed by atoms with Crippen LogP contribution in [0.1, 0.15) is 5.56 Å². The fourth-order valence-electron chi connectivity index (χ4n) is 0.876. The van der Waals surface area contributed by atoms with Gasteiger partial charge in [-0.3, -0.25) is 4.79 Å². The smallest absolute Gasteiger partial charge is 0.193 e. The first-order valence-electron chi connectivity index (χ1n) is 3.56. The Morgan fingerprint density at radius 2 is 2.31 bits per heavy atom.